The lowest BCUT2D eigenvalue weighted by molar-refractivity contribution is -0.322. The molecule has 0 spiro atoms. The van der Waals surface area contributed by atoms with Crippen LogP contribution in [0.5, 0.6) is 0 Å². The molecule has 0 heterocycles. The molecule has 5 rings (SSSR count). The molecule has 0 N–H and O–H groups in total. The van der Waals surface area contributed by atoms with Crippen LogP contribution in [0.2, 0.25) is 0 Å². The van der Waals surface area contributed by atoms with Gasteiger partial charge < -0.3 is 18.9 Å². The number of rotatable bonds is 13. The number of ketones is 1. The van der Waals surface area contributed by atoms with Crippen LogP contribution in [-0.2, 0) is 50.2 Å². The molecule has 4 aromatic rings. The van der Waals surface area contributed by atoms with Crippen LogP contribution < -0.4 is 0 Å². The van der Waals surface area contributed by atoms with Crippen molar-refractivity contribution < 1.29 is 23.7 Å². The third-order valence-electron chi connectivity index (χ3n) is 7.16. The van der Waals surface area contributed by atoms with E-state index in [9.17, 15) is 4.79 Å². The number of carbonyl (C=O) groups excluding carboxylic acids is 1. The first kappa shape index (κ1) is 27.9. The summed E-state index contributed by atoms with van der Waals surface area (Å²) < 4.78 is 26.1. The summed E-state index contributed by atoms with van der Waals surface area (Å²) >= 11 is 0. The van der Waals surface area contributed by atoms with Gasteiger partial charge in [0.2, 0.25) is 5.79 Å². The third-order valence-corrected chi connectivity index (χ3v) is 7.16. The molecular weight excluding hydrogens is 500 g/mol. The lowest BCUT2D eigenvalue weighted by Gasteiger charge is -2.46. The SMILES string of the molecule is O=C1CC(COCc2ccccc2)C(OCc2ccccc2)C(OCc2ccccc2)(OCc2ccccc2)C1. The van der Waals surface area contributed by atoms with Crippen LogP contribution in [-0.4, -0.2) is 24.3 Å². The van der Waals surface area contributed by atoms with Gasteiger partial charge in [-0.3, -0.25) is 4.79 Å². The average molecular weight is 537 g/mol. The van der Waals surface area contributed by atoms with E-state index in [0.29, 0.717) is 39.5 Å². The van der Waals surface area contributed by atoms with E-state index in [0.717, 1.165) is 22.3 Å². The minimum atomic E-state index is -1.27. The van der Waals surface area contributed by atoms with E-state index in [4.69, 9.17) is 18.9 Å². The molecule has 40 heavy (non-hydrogen) atoms. The van der Waals surface area contributed by atoms with E-state index >= 15 is 0 Å². The Bertz CT molecular complexity index is 1250. The molecule has 2 unspecified atom stereocenters. The maximum absolute atomic E-state index is 13.3. The second kappa shape index (κ2) is 14.1. The summed E-state index contributed by atoms with van der Waals surface area (Å²) in [6, 6.07) is 40.0. The Balaban J connectivity index is 1.42. The van der Waals surface area contributed by atoms with Crippen LogP contribution in [0.25, 0.3) is 0 Å². The molecule has 5 heteroatoms. The van der Waals surface area contributed by atoms with Crippen LogP contribution in [0.1, 0.15) is 35.1 Å². The lowest BCUT2D eigenvalue weighted by atomic mass is 9.81. The van der Waals surface area contributed by atoms with E-state index in [1.54, 1.807) is 0 Å². The molecule has 0 bridgehead atoms. The number of benzene rings is 4. The molecule has 0 saturated heterocycles. The summed E-state index contributed by atoms with van der Waals surface area (Å²) in [6.07, 6.45) is -0.0608. The van der Waals surface area contributed by atoms with Gasteiger partial charge >= 0.3 is 0 Å². The molecule has 0 aliphatic heterocycles. The second-order valence-electron chi connectivity index (χ2n) is 10.3. The van der Waals surface area contributed by atoms with Gasteiger partial charge in [0.25, 0.3) is 0 Å². The van der Waals surface area contributed by atoms with Gasteiger partial charge in [-0.15, -0.1) is 0 Å². The molecule has 4 aromatic carbocycles. The normalized spacial score (nSPS) is 18.4. The fourth-order valence-corrected chi connectivity index (χ4v) is 5.15. The molecule has 5 nitrogen and oxygen atoms in total. The molecule has 2 atom stereocenters. The predicted octanol–water partition coefficient (Wildman–Crippen LogP) is 6.90. The van der Waals surface area contributed by atoms with Crippen LogP contribution in [0.3, 0.4) is 0 Å². The van der Waals surface area contributed by atoms with E-state index in [2.05, 4.69) is 0 Å². The number of hydrogen-bond donors (Lipinski definition) is 0. The van der Waals surface area contributed by atoms with Gasteiger partial charge in [0.1, 0.15) is 11.9 Å². The summed E-state index contributed by atoms with van der Waals surface area (Å²) in [4.78, 5) is 13.3. The van der Waals surface area contributed by atoms with Crippen molar-refractivity contribution in [2.24, 2.45) is 5.92 Å². The minimum absolute atomic E-state index is 0.0778. The molecule has 206 valence electrons. The zero-order valence-electron chi connectivity index (χ0n) is 22.7. The topological polar surface area (TPSA) is 54.0 Å². The first-order valence-electron chi connectivity index (χ1n) is 13.8. The summed E-state index contributed by atoms with van der Waals surface area (Å²) in [6.45, 7) is 1.78. The van der Waals surface area contributed by atoms with Gasteiger partial charge in [0.15, 0.2) is 0 Å². The monoisotopic (exact) mass is 536 g/mol. The molecule has 1 aliphatic rings. The molecular formula is C35H36O5. The van der Waals surface area contributed by atoms with Gasteiger partial charge in [-0.25, -0.2) is 0 Å². The largest absolute Gasteiger partial charge is 0.376 e. The smallest absolute Gasteiger partial charge is 0.202 e. The van der Waals surface area contributed by atoms with E-state index < -0.39 is 11.9 Å². The van der Waals surface area contributed by atoms with Crippen molar-refractivity contribution in [2.45, 2.75) is 51.2 Å². The highest BCUT2D eigenvalue weighted by Crippen LogP contribution is 2.39. The summed E-state index contributed by atoms with van der Waals surface area (Å²) in [5.74, 6) is -1.43. The first-order valence-corrected chi connectivity index (χ1v) is 13.8. The number of hydrogen-bond acceptors (Lipinski definition) is 5. The quantitative estimate of drug-likeness (QED) is 0.174. The van der Waals surface area contributed by atoms with Crippen LogP contribution >= 0.6 is 0 Å². The number of carbonyl (C=O) groups is 1. The van der Waals surface area contributed by atoms with Crippen molar-refractivity contribution in [1.82, 2.24) is 0 Å². The van der Waals surface area contributed by atoms with Crippen molar-refractivity contribution in [3.8, 4) is 0 Å². The summed E-state index contributed by atoms with van der Waals surface area (Å²) in [5, 5.41) is 0. The van der Waals surface area contributed by atoms with E-state index in [1.165, 1.54) is 0 Å². The Morgan fingerprint density at radius 3 is 1.48 bits per heavy atom. The highest BCUT2D eigenvalue weighted by atomic mass is 16.7. The Hall–Kier alpha value is -3.61. The maximum Gasteiger partial charge on any atom is 0.202 e. The molecule has 0 radical (unpaired) electrons. The molecule has 1 fully saturated rings. The average Bonchev–Trinajstić information content (AvgIpc) is 3.01. The predicted molar refractivity (Wildman–Crippen MR) is 154 cm³/mol. The number of ether oxygens (including phenoxy) is 4. The Labute approximate surface area is 236 Å². The minimum Gasteiger partial charge on any atom is -0.376 e. The van der Waals surface area contributed by atoms with Gasteiger partial charge in [-0.05, 0) is 22.3 Å². The van der Waals surface area contributed by atoms with Crippen molar-refractivity contribution in [1.29, 1.82) is 0 Å². The standard InChI is InChI=1S/C35H36O5/c36-33-21-32(27-37-23-28-13-5-1-6-14-28)34(38-24-29-15-7-2-8-16-29)35(22-33,39-25-30-17-9-3-10-18-30)40-26-31-19-11-4-12-20-31/h1-20,32,34H,21-27H2. The Kier molecular flexibility index (Phi) is 9.88. The van der Waals surface area contributed by atoms with Crippen LogP contribution in [0.15, 0.2) is 121 Å². The zero-order chi connectivity index (χ0) is 27.5. The van der Waals surface area contributed by atoms with Crippen molar-refractivity contribution in [3.63, 3.8) is 0 Å². The molecule has 1 saturated carbocycles. The van der Waals surface area contributed by atoms with Gasteiger partial charge in [-0.1, -0.05) is 121 Å². The molecule has 0 amide bonds. The highest BCUT2D eigenvalue weighted by molar-refractivity contribution is 5.80. The fraction of sp³-hybridized carbons (Fsp3) is 0.286. The second-order valence-corrected chi connectivity index (χ2v) is 10.3. The zero-order valence-corrected chi connectivity index (χ0v) is 22.7. The van der Waals surface area contributed by atoms with Gasteiger partial charge in [-0.2, -0.15) is 0 Å². The maximum atomic E-state index is 13.3. The highest BCUT2D eigenvalue weighted by Gasteiger charge is 2.52. The van der Waals surface area contributed by atoms with Crippen molar-refractivity contribution in [3.05, 3.63) is 144 Å². The third kappa shape index (κ3) is 7.74. The summed E-state index contributed by atoms with van der Waals surface area (Å²) in [5.41, 5.74) is 4.13. The van der Waals surface area contributed by atoms with Crippen molar-refractivity contribution in [2.75, 3.05) is 6.61 Å². The fourth-order valence-electron chi connectivity index (χ4n) is 5.15. The lowest BCUT2D eigenvalue weighted by Crippen LogP contribution is -2.57. The number of Topliss-reactive ketones (excluding diaryl/α,β-unsaturated/α-hetero) is 1. The summed E-state index contributed by atoms with van der Waals surface area (Å²) in [7, 11) is 0. The Morgan fingerprint density at radius 2 is 1.00 bits per heavy atom. The van der Waals surface area contributed by atoms with Crippen LogP contribution in [0, 0.1) is 5.92 Å². The first-order chi connectivity index (χ1) is 19.7. The molecule has 0 aromatic heterocycles. The van der Waals surface area contributed by atoms with Gasteiger partial charge in [0, 0.05) is 12.3 Å². The molecule has 1 aliphatic carbocycles. The van der Waals surface area contributed by atoms with E-state index in [1.807, 2.05) is 121 Å². The Morgan fingerprint density at radius 1 is 0.575 bits per heavy atom. The van der Waals surface area contributed by atoms with Crippen molar-refractivity contribution >= 4 is 5.78 Å². The van der Waals surface area contributed by atoms with Crippen LogP contribution in [0.4, 0.5) is 0 Å². The van der Waals surface area contributed by atoms with E-state index in [-0.39, 0.29) is 18.1 Å². The van der Waals surface area contributed by atoms with Gasteiger partial charge in [0.05, 0.1) is 39.5 Å².